The number of aromatic nitrogens is 2. The molecule has 0 fully saturated rings. The van der Waals surface area contributed by atoms with Crippen molar-refractivity contribution in [3.63, 3.8) is 0 Å². The molecule has 2 atom stereocenters. The van der Waals surface area contributed by atoms with Crippen LogP contribution in [0.3, 0.4) is 0 Å². The number of carbonyl (C=O) groups excluding carboxylic acids is 2. The monoisotopic (exact) mass is 357 g/mol. The van der Waals surface area contributed by atoms with Gasteiger partial charge in [0.25, 0.3) is 0 Å². The standard InChI is InChI=1S/C19H23N3O4/c1-12(2)17-16-14(20-11-21-16)9-15(18(23)25-3)22(17)19(24)26-10-13-7-5-4-6-8-13/h4-8,11-12,15,17H,9-10H2,1-3H3,(H,20,21)/t15?,17-/m0/s1. The molecule has 2 heterocycles. The summed E-state index contributed by atoms with van der Waals surface area (Å²) >= 11 is 0. The topological polar surface area (TPSA) is 84.5 Å². The molecule has 0 radical (unpaired) electrons. The Bertz CT molecular complexity index is 772. The molecule has 1 aromatic carbocycles. The quantitative estimate of drug-likeness (QED) is 0.851. The van der Waals surface area contributed by atoms with E-state index in [1.54, 1.807) is 6.33 Å². The van der Waals surface area contributed by atoms with E-state index >= 15 is 0 Å². The normalized spacial score (nSPS) is 19.2. The molecule has 1 aliphatic heterocycles. The minimum absolute atomic E-state index is 0.0498. The van der Waals surface area contributed by atoms with Crippen LogP contribution in [-0.2, 0) is 27.3 Å². The molecular weight excluding hydrogens is 334 g/mol. The molecule has 1 N–H and O–H groups in total. The molecule has 138 valence electrons. The predicted molar refractivity (Wildman–Crippen MR) is 94.1 cm³/mol. The highest BCUT2D eigenvalue weighted by Crippen LogP contribution is 2.37. The van der Waals surface area contributed by atoms with Crippen LogP contribution >= 0.6 is 0 Å². The van der Waals surface area contributed by atoms with Crippen molar-refractivity contribution < 1.29 is 19.1 Å². The van der Waals surface area contributed by atoms with Gasteiger partial charge in [-0.05, 0) is 11.5 Å². The van der Waals surface area contributed by atoms with Crippen molar-refractivity contribution in [1.82, 2.24) is 14.9 Å². The van der Waals surface area contributed by atoms with E-state index in [2.05, 4.69) is 9.97 Å². The third-order valence-electron chi connectivity index (χ3n) is 4.59. The summed E-state index contributed by atoms with van der Waals surface area (Å²) in [7, 11) is 1.32. The number of amides is 1. The number of methoxy groups -OCH3 is 1. The first-order valence-electron chi connectivity index (χ1n) is 8.62. The fourth-order valence-corrected chi connectivity index (χ4v) is 3.37. The summed E-state index contributed by atoms with van der Waals surface area (Å²) in [5.74, 6) is -0.415. The van der Waals surface area contributed by atoms with Crippen LogP contribution in [0.1, 0.15) is 36.8 Å². The van der Waals surface area contributed by atoms with Gasteiger partial charge in [-0.1, -0.05) is 44.2 Å². The Balaban J connectivity index is 1.88. The lowest BCUT2D eigenvalue weighted by atomic mass is 9.89. The highest BCUT2D eigenvalue weighted by atomic mass is 16.6. The van der Waals surface area contributed by atoms with Gasteiger partial charge >= 0.3 is 12.1 Å². The van der Waals surface area contributed by atoms with Crippen molar-refractivity contribution in [2.75, 3.05) is 7.11 Å². The van der Waals surface area contributed by atoms with E-state index in [1.165, 1.54) is 12.0 Å². The van der Waals surface area contributed by atoms with Gasteiger partial charge in [0, 0.05) is 12.1 Å². The Labute approximate surface area is 152 Å². The molecule has 0 spiro atoms. The first kappa shape index (κ1) is 18.0. The predicted octanol–water partition coefficient (Wildman–Crippen LogP) is 2.84. The zero-order chi connectivity index (χ0) is 18.7. The van der Waals surface area contributed by atoms with E-state index in [4.69, 9.17) is 9.47 Å². The summed E-state index contributed by atoms with van der Waals surface area (Å²) in [6.45, 7) is 4.11. The van der Waals surface area contributed by atoms with Gasteiger partial charge in [-0.2, -0.15) is 0 Å². The molecule has 3 rings (SSSR count). The maximum atomic E-state index is 12.9. The second kappa shape index (κ2) is 7.59. The lowest BCUT2D eigenvalue weighted by molar-refractivity contribution is -0.148. The Kier molecular flexibility index (Phi) is 5.25. The smallest absolute Gasteiger partial charge is 0.411 e. The first-order chi connectivity index (χ1) is 12.5. The number of hydrogen-bond acceptors (Lipinski definition) is 5. The summed E-state index contributed by atoms with van der Waals surface area (Å²) in [6.07, 6.45) is 1.37. The Morgan fingerprint density at radius 1 is 1.31 bits per heavy atom. The number of carbonyl (C=O) groups is 2. The lowest BCUT2D eigenvalue weighted by Crippen LogP contribution is -2.53. The molecule has 7 heteroatoms. The molecule has 1 aliphatic rings. The minimum atomic E-state index is -0.747. The van der Waals surface area contributed by atoms with Gasteiger partial charge in [0.05, 0.1) is 25.2 Å². The van der Waals surface area contributed by atoms with Crippen molar-refractivity contribution in [3.8, 4) is 0 Å². The molecule has 0 saturated carbocycles. The minimum Gasteiger partial charge on any atom is -0.467 e. The van der Waals surface area contributed by atoms with Crippen LogP contribution < -0.4 is 0 Å². The van der Waals surface area contributed by atoms with Crippen LogP contribution in [0.5, 0.6) is 0 Å². The molecule has 26 heavy (non-hydrogen) atoms. The van der Waals surface area contributed by atoms with Crippen LogP contribution in [0.2, 0.25) is 0 Å². The Hall–Kier alpha value is -2.83. The van der Waals surface area contributed by atoms with Gasteiger partial charge in [-0.15, -0.1) is 0 Å². The largest absolute Gasteiger partial charge is 0.467 e. The second-order valence-electron chi connectivity index (χ2n) is 6.65. The summed E-state index contributed by atoms with van der Waals surface area (Å²) < 4.78 is 10.4. The number of imidazole rings is 1. The molecule has 1 unspecified atom stereocenters. The van der Waals surface area contributed by atoms with Gasteiger partial charge in [0.2, 0.25) is 0 Å². The maximum Gasteiger partial charge on any atom is 0.411 e. The van der Waals surface area contributed by atoms with E-state index in [9.17, 15) is 9.59 Å². The molecule has 2 aromatic rings. The number of nitrogens with zero attached hydrogens (tertiary/aromatic N) is 2. The summed E-state index contributed by atoms with van der Waals surface area (Å²) in [5, 5.41) is 0. The zero-order valence-corrected chi connectivity index (χ0v) is 15.1. The molecule has 0 saturated heterocycles. The number of rotatable bonds is 4. The number of benzene rings is 1. The van der Waals surface area contributed by atoms with Gasteiger partial charge in [0.1, 0.15) is 12.6 Å². The van der Waals surface area contributed by atoms with Gasteiger partial charge < -0.3 is 14.5 Å². The fourth-order valence-electron chi connectivity index (χ4n) is 3.37. The number of fused-ring (bicyclic) bond motifs is 1. The average molecular weight is 357 g/mol. The van der Waals surface area contributed by atoms with E-state index in [0.717, 1.165) is 17.0 Å². The van der Waals surface area contributed by atoms with Crippen molar-refractivity contribution in [3.05, 3.63) is 53.6 Å². The summed E-state index contributed by atoms with van der Waals surface area (Å²) in [6, 6.07) is 8.32. The van der Waals surface area contributed by atoms with Crippen molar-refractivity contribution >= 4 is 12.1 Å². The van der Waals surface area contributed by atoms with Crippen LogP contribution in [0.4, 0.5) is 4.79 Å². The van der Waals surface area contributed by atoms with Crippen LogP contribution in [0, 0.1) is 5.92 Å². The fraction of sp³-hybridized carbons (Fsp3) is 0.421. The highest BCUT2D eigenvalue weighted by molar-refractivity contribution is 5.82. The number of aromatic amines is 1. The van der Waals surface area contributed by atoms with Gasteiger partial charge in [-0.3, -0.25) is 4.90 Å². The van der Waals surface area contributed by atoms with Gasteiger partial charge in [0.15, 0.2) is 0 Å². The first-order valence-corrected chi connectivity index (χ1v) is 8.62. The molecule has 1 aromatic heterocycles. The number of H-pyrrole nitrogens is 1. The molecule has 7 nitrogen and oxygen atoms in total. The summed E-state index contributed by atoms with van der Waals surface area (Å²) in [4.78, 5) is 34.2. The van der Waals surface area contributed by atoms with E-state index in [-0.39, 0.29) is 18.6 Å². The third kappa shape index (κ3) is 3.42. The molecular formula is C19H23N3O4. The lowest BCUT2D eigenvalue weighted by Gasteiger charge is -2.40. The maximum absolute atomic E-state index is 12.9. The van der Waals surface area contributed by atoms with E-state index < -0.39 is 18.1 Å². The molecule has 0 aliphatic carbocycles. The molecule has 1 amide bonds. The highest BCUT2D eigenvalue weighted by Gasteiger charge is 2.45. The number of ether oxygens (including phenoxy) is 2. The summed E-state index contributed by atoms with van der Waals surface area (Å²) in [5.41, 5.74) is 2.51. The van der Waals surface area contributed by atoms with Gasteiger partial charge in [-0.25, -0.2) is 14.6 Å². The number of hydrogen-bond donors (Lipinski definition) is 1. The van der Waals surface area contributed by atoms with Crippen molar-refractivity contribution in [2.24, 2.45) is 5.92 Å². The van der Waals surface area contributed by atoms with Crippen molar-refractivity contribution in [2.45, 2.75) is 39.0 Å². The second-order valence-corrected chi connectivity index (χ2v) is 6.65. The van der Waals surface area contributed by atoms with Crippen molar-refractivity contribution in [1.29, 1.82) is 0 Å². The van der Waals surface area contributed by atoms with E-state index in [0.29, 0.717) is 6.42 Å². The number of nitrogens with one attached hydrogen (secondary N) is 1. The average Bonchev–Trinajstić information content (AvgIpc) is 3.12. The SMILES string of the molecule is COC(=O)C1Cc2[nH]cnc2[C@H](C(C)C)N1C(=O)OCc1ccccc1. The molecule has 0 bridgehead atoms. The Morgan fingerprint density at radius 3 is 2.69 bits per heavy atom. The van der Waals surface area contributed by atoms with Crippen LogP contribution in [-0.4, -0.2) is 40.1 Å². The van der Waals surface area contributed by atoms with Crippen LogP contribution in [0.15, 0.2) is 36.7 Å². The Morgan fingerprint density at radius 2 is 2.04 bits per heavy atom. The third-order valence-corrected chi connectivity index (χ3v) is 4.59. The zero-order valence-electron chi connectivity index (χ0n) is 15.1. The number of esters is 1. The van der Waals surface area contributed by atoms with E-state index in [1.807, 2.05) is 44.2 Å². The van der Waals surface area contributed by atoms with Crippen LogP contribution in [0.25, 0.3) is 0 Å².